The van der Waals surface area contributed by atoms with Crippen LogP contribution in [0.3, 0.4) is 0 Å². The highest BCUT2D eigenvalue weighted by Gasteiger charge is 2.24. The number of benzene rings is 3. The summed E-state index contributed by atoms with van der Waals surface area (Å²) in [7, 11) is 0. The van der Waals surface area contributed by atoms with E-state index < -0.39 is 23.9 Å². The number of carboxylic acids is 1. The number of halogens is 1. The summed E-state index contributed by atoms with van der Waals surface area (Å²) in [6.45, 7) is -0.446. The van der Waals surface area contributed by atoms with Crippen LogP contribution in [-0.4, -0.2) is 21.4 Å². The van der Waals surface area contributed by atoms with Gasteiger partial charge in [-0.25, -0.2) is 4.79 Å². The molecule has 1 aromatic heterocycles. The van der Waals surface area contributed by atoms with Crippen LogP contribution in [0.5, 0.6) is 0 Å². The molecule has 32 heavy (non-hydrogen) atoms. The van der Waals surface area contributed by atoms with Gasteiger partial charge in [0.15, 0.2) is 5.78 Å². The fourth-order valence-electron chi connectivity index (χ4n) is 3.66. The van der Waals surface area contributed by atoms with Gasteiger partial charge in [-0.3, -0.25) is 14.2 Å². The van der Waals surface area contributed by atoms with E-state index in [4.69, 9.17) is 5.26 Å². The van der Waals surface area contributed by atoms with Gasteiger partial charge in [0, 0.05) is 21.0 Å². The Morgan fingerprint density at radius 2 is 1.66 bits per heavy atom. The molecule has 7 heteroatoms. The van der Waals surface area contributed by atoms with Gasteiger partial charge in [0.05, 0.1) is 18.2 Å². The van der Waals surface area contributed by atoms with Crippen molar-refractivity contribution in [3.05, 3.63) is 104 Å². The van der Waals surface area contributed by atoms with Crippen molar-refractivity contribution < 1.29 is 14.7 Å². The fourth-order valence-corrected chi connectivity index (χ4v) is 4.02. The minimum Gasteiger partial charge on any atom is -0.477 e. The second-order valence-electron chi connectivity index (χ2n) is 7.09. The van der Waals surface area contributed by atoms with Crippen LogP contribution in [0.25, 0.3) is 21.9 Å². The Balaban J connectivity index is 1.99. The van der Waals surface area contributed by atoms with E-state index in [1.165, 1.54) is 24.3 Å². The van der Waals surface area contributed by atoms with Gasteiger partial charge >= 0.3 is 5.97 Å². The number of carboxylic acid groups (broad SMARTS) is 1. The van der Waals surface area contributed by atoms with Crippen LogP contribution >= 0.6 is 15.9 Å². The summed E-state index contributed by atoms with van der Waals surface area (Å²) < 4.78 is 1.71. The average molecular weight is 487 g/mol. The first-order valence-corrected chi connectivity index (χ1v) is 10.4. The lowest BCUT2D eigenvalue weighted by atomic mass is 9.96. The number of Topliss-reactive ketones (excluding diaryl/α,β-unsaturated/α-hetero) is 1. The molecular formula is C25H15BrN2O4. The molecule has 4 aromatic rings. The average Bonchev–Trinajstić information content (AvgIpc) is 2.80. The molecule has 0 fully saturated rings. The summed E-state index contributed by atoms with van der Waals surface area (Å²) in [6.07, 6.45) is 0. The van der Waals surface area contributed by atoms with Crippen LogP contribution in [0.2, 0.25) is 0 Å². The fraction of sp³-hybridized carbons (Fsp3) is 0.0400. The monoisotopic (exact) mass is 486 g/mol. The minimum absolute atomic E-state index is 0.256. The molecule has 0 amide bonds. The van der Waals surface area contributed by atoms with Crippen molar-refractivity contribution in [2.75, 3.05) is 0 Å². The molecule has 156 valence electrons. The largest absolute Gasteiger partial charge is 0.477 e. The molecule has 0 aliphatic heterocycles. The zero-order chi connectivity index (χ0) is 22.8. The van der Waals surface area contributed by atoms with E-state index >= 15 is 0 Å². The molecule has 0 spiro atoms. The molecule has 0 bridgehead atoms. The van der Waals surface area contributed by atoms with Crippen LogP contribution in [0.15, 0.2) is 82.1 Å². The second-order valence-corrected chi connectivity index (χ2v) is 8.00. The number of rotatable bonds is 5. The molecule has 0 aliphatic rings. The van der Waals surface area contributed by atoms with Gasteiger partial charge in [0.2, 0.25) is 0 Å². The van der Waals surface area contributed by atoms with Crippen molar-refractivity contribution in [2.24, 2.45) is 0 Å². The van der Waals surface area contributed by atoms with Crippen LogP contribution in [0, 0.1) is 11.3 Å². The molecule has 3 aromatic carbocycles. The molecule has 0 aliphatic carbocycles. The number of aromatic nitrogens is 1. The van der Waals surface area contributed by atoms with E-state index in [0.717, 1.165) is 4.57 Å². The highest BCUT2D eigenvalue weighted by atomic mass is 79.9. The lowest BCUT2D eigenvalue weighted by Crippen LogP contribution is -2.30. The summed E-state index contributed by atoms with van der Waals surface area (Å²) in [4.78, 5) is 38.6. The number of hydrogen-bond donors (Lipinski definition) is 1. The van der Waals surface area contributed by atoms with E-state index in [1.807, 2.05) is 12.1 Å². The highest BCUT2D eigenvalue weighted by Crippen LogP contribution is 2.32. The zero-order valence-corrected chi connectivity index (χ0v) is 18.2. The topological polar surface area (TPSA) is 100 Å². The van der Waals surface area contributed by atoms with E-state index in [2.05, 4.69) is 15.9 Å². The summed E-state index contributed by atoms with van der Waals surface area (Å²) in [5, 5.41) is 19.8. The maximum atomic E-state index is 13.3. The SMILES string of the molecule is N#Cc1ccc(C(=O)Cn2c(C(=O)O)c(-c3ccccc3)c3cc(Br)ccc3c2=O)cc1. The predicted octanol–water partition coefficient (Wildman–Crippen LogP) is 4.88. The van der Waals surface area contributed by atoms with Gasteiger partial charge < -0.3 is 5.11 Å². The number of carbonyl (C=O) groups is 2. The van der Waals surface area contributed by atoms with Crippen LogP contribution in [-0.2, 0) is 6.54 Å². The van der Waals surface area contributed by atoms with Crippen LogP contribution < -0.4 is 5.56 Å². The number of nitriles is 1. The summed E-state index contributed by atoms with van der Waals surface area (Å²) >= 11 is 3.39. The van der Waals surface area contributed by atoms with Gasteiger partial charge in [-0.1, -0.05) is 58.4 Å². The third kappa shape index (κ3) is 3.84. The van der Waals surface area contributed by atoms with Gasteiger partial charge in [0.25, 0.3) is 5.56 Å². The normalized spacial score (nSPS) is 10.6. The van der Waals surface area contributed by atoms with Gasteiger partial charge in [0.1, 0.15) is 5.69 Å². The van der Waals surface area contributed by atoms with Crippen molar-refractivity contribution in [2.45, 2.75) is 6.54 Å². The minimum atomic E-state index is -1.31. The molecular weight excluding hydrogens is 472 g/mol. The van der Waals surface area contributed by atoms with E-state index in [1.54, 1.807) is 42.5 Å². The smallest absolute Gasteiger partial charge is 0.353 e. The molecule has 0 unspecified atom stereocenters. The first kappa shape index (κ1) is 21.2. The maximum absolute atomic E-state index is 13.3. The van der Waals surface area contributed by atoms with Gasteiger partial charge in [-0.15, -0.1) is 0 Å². The second kappa shape index (κ2) is 8.61. The van der Waals surface area contributed by atoms with E-state index in [0.29, 0.717) is 31.9 Å². The first-order chi connectivity index (χ1) is 15.4. The molecule has 0 radical (unpaired) electrons. The molecule has 4 rings (SSSR count). The number of hydrogen-bond acceptors (Lipinski definition) is 4. The predicted molar refractivity (Wildman–Crippen MR) is 124 cm³/mol. The Bertz CT molecular complexity index is 1470. The Hall–Kier alpha value is -4.02. The number of ketones is 1. The number of carbonyl (C=O) groups excluding carboxylic acids is 1. The highest BCUT2D eigenvalue weighted by molar-refractivity contribution is 9.10. The van der Waals surface area contributed by atoms with Crippen molar-refractivity contribution >= 4 is 38.5 Å². The first-order valence-electron chi connectivity index (χ1n) is 9.59. The summed E-state index contributed by atoms with van der Waals surface area (Å²) in [5.74, 6) is -1.75. The maximum Gasteiger partial charge on any atom is 0.353 e. The number of fused-ring (bicyclic) bond motifs is 1. The number of nitrogens with zero attached hydrogens (tertiary/aromatic N) is 2. The molecule has 0 atom stereocenters. The Morgan fingerprint density at radius 1 is 0.969 bits per heavy atom. The van der Waals surface area contributed by atoms with E-state index in [-0.39, 0.29) is 11.3 Å². The van der Waals surface area contributed by atoms with Crippen molar-refractivity contribution in [1.29, 1.82) is 5.26 Å². The molecule has 0 saturated carbocycles. The Morgan fingerprint density at radius 3 is 2.28 bits per heavy atom. The quantitative estimate of drug-likeness (QED) is 0.405. The third-order valence-corrected chi connectivity index (χ3v) is 5.63. The number of pyridine rings is 1. The van der Waals surface area contributed by atoms with Crippen molar-refractivity contribution in [3.8, 4) is 17.2 Å². The van der Waals surface area contributed by atoms with Gasteiger partial charge in [-0.2, -0.15) is 5.26 Å². The summed E-state index contributed by atoms with van der Waals surface area (Å²) in [6, 6.07) is 21.9. The lowest BCUT2D eigenvalue weighted by molar-refractivity contribution is 0.0684. The standard InChI is InChI=1S/C25H15BrN2O4/c26-18-10-11-19-20(12-18)22(17-4-2-1-3-5-17)23(25(31)32)28(24(19)30)14-21(29)16-8-6-15(13-27)7-9-16/h1-12H,14H2,(H,31,32). The molecule has 0 saturated heterocycles. The third-order valence-electron chi connectivity index (χ3n) is 5.14. The zero-order valence-electron chi connectivity index (χ0n) is 16.6. The Labute approximate surface area is 191 Å². The Kier molecular flexibility index (Phi) is 5.71. The van der Waals surface area contributed by atoms with Crippen molar-refractivity contribution in [3.63, 3.8) is 0 Å². The van der Waals surface area contributed by atoms with Crippen LogP contribution in [0.1, 0.15) is 26.4 Å². The summed E-state index contributed by atoms with van der Waals surface area (Å²) in [5.41, 5.74) is 0.839. The molecule has 6 nitrogen and oxygen atoms in total. The van der Waals surface area contributed by atoms with Gasteiger partial charge in [-0.05, 0) is 41.3 Å². The number of aromatic carboxylic acids is 1. The molecule has 1 heterocycles. The van der Waals surface area contributed by atoms with E-state index in [9.17, 15) is 19.5 Å². The van der Waals surface area contributed by atoms with Crippen LogP contribution in [0.4, 0.5) is 0 Å². The molecule has 1 N–H and O–H groups in total. The van der Waals surface area contributed by atoms with Crippen molar-refractivity contribution in [1.82, 2.24) is 4.57 Å². The lowest BCUT2D eigenvalue weighted by Gasteiger charge is -2.17.